The van der Waals surface area contributed by atoms with Crippen molar-refractivity contribution in [3.63, 3.8) is 0 Å². The van der Waals surface area contributed by atoms with Crippen LogP contribution in [0.4, 0.5) is 5.69 Å². The maximum absolute atomic E-state index is 12.5. The Balaban J connectivity index is 1.82. The number of ether oxygens (including phenoxy) is 2. The molecular weight excluding hydrogens is 539 g/mol. The average Bonchev–Trinajstić information content (AvgIpc) is 2.76. The van der Waals surface area contributed by atoms with Crippen LogP contribution in [0.1, 0.15) is 16.7 Å². The summed E-state index contributed by atoms with van der Waals surface area (Å²) >= 11 is 8.10. The summed E-state index contributed by atoms with van der Waals surface area (Å²) in [6, 6.07) is 20.3. The van der Waals surface area contributed by atoms with Gasteiger partial charge >= 0.3 is 0 Å². The van der Waals surface area contributed by atoms with E-state index in [1.165, 1.54) is 6.08 Å². The van der Waals surface area contributed by atoms with Crippen LogP contribution in [0.5, 0.6) is 11.5 Å². The van der Waals surface area contributed by atoms with Gasteiger partial charge in [0, 0.05) is 10.7 Å². The van der Waals surface area contributed by atoms with Gasteiger partial charge < -0.3 is 14.8 Å². The van der Waals surface area contributed by atoms with Crippen LogP contribution in [-0.4, -0.2) is 13.0 Å². The minimum atomic E-state index is -0.525. The minimum absolute atomic E-state index is 0.0451. The molecule has 0 heterocycles. The Hall–Kier alpha value is -3.02. The third-order valence-electron chi connectivity index (χ3n) is 4.48. The summed E-state index contributed by atoms with van der Waals surface area (Å²) in [4.78, 5) is 12.5. The number of carbonyl (C=O) groups is 1. The predicted molar refractivity (Wildman–Crippen MR) is 135 cm³/mol. The van der Waals surface area contributed by atoms with Crippen LogP contribution in [0.2, 0.25) is 5.02 Å². The van der Waals surface area contributed by atoms with Crippen molar-refractivity contribution in [2.24, 2.45) is 0 Å². The van der Waals surface area contributed by atoms with E-state index in [0.717, 1.165) is 14.7 Å². The lowest BCUT2D eigenvalue weighted by Crippen LogP contribution is -2.13. The number of halogens is 2. The number of nitrogens with zero attached hydrogens (tertiary/aromatic N) is 1. The minimum Gasteiger partial charge on any atom is -0.493 e. The van der Waals surface area contributed by atoms with Crippen molar-refractivity contribution >= 4 is 51.9 Å². The van der Waals surface area contributed by atoms with E-state index in [1.807, 2.05) is 37.3 Å². The first-order valence-corrected chi connectivity index (χ1v) is 11.1. The first-order valence-electron chi connectivity index (χ1n) is 9.64. The number of nitrogens with one attached hydrogen (secondary N) is 1. The van der Waals surface area contributed by atoms with Gasteiger partial charge in [-0.2, -0.15) is 5.26 Å². The number of benzene rings is 3. The van der Waals surface area contributed by atoms with Crippen LogP contribution in [-0.2, 0) is 11.4 Å². The highest BCUT2D eigenvalue weighted by Gasteiger charge is 2.14. The molecular formula is C25H20ClIN2O3. The third kappa shape index (κ3) is 6.25. The molecule has 0 aliphatic carbocycles. The molecule has 7 heteroatoms. The second-order valence-corrected chi connectivity index (χ2v) is 8.54. The Morgan fingerprint density at radius 2 is 1.97 bits per heavy atom. The van der Waals surface area contributed by atoms with Crippen LogP contribution >= 0.6 is 34.2 Å². The van der Waals surface area contributed by atoms with Crippen LogP contribution in [0.3, 0.4) is 0 Å². The lowest BCUT2D eigenvalue weighted by Gasteiger charge is -2.14. The molecule has 0 spiro atoms. The smallest absolute Gasteiger partial charge is 0.266 e. The Labute approximate surface area is 205 Å². The van der Waals surface area contributed by atoms with E-state index in [2.05, 4.69) is 34.0 Å². The maximum atomic E-state index is 12.5. The Morgan fingerprint density at radius 3 is 2.66 bits per heavy atom. The summed E-state index contributed by atoms with van der Waals surface area (Å²) in [5.74, 6) is 0.598. The Kier molecular flexibility index (Phi) is 8.14. The van der Waals surface area contributed by atoms with Gasteiger partial charge in [-0.15, -0.1) is 0 Å². The van der Waals surface area contributed by atoms with Crippen molar-refractivity contribution < 1.29 is 14.3 Å². The van der Waals surface area contributed by atoms with Gasteiger partial charge in [0.2, 0.25) is 0 Å². The summed E-state index contributed by atoms with van der Waals surface area (Å²) in [5, 5.41) is 12.7. The quantitative estimate of drug-likeness (QED) is 0.207. The molecule has 0 bridgehead atoms. The number of rotatable bonds is 7. The molecule has 32 heavy (non-hydrogen) atoms. The van der Waals surface area contributed by atoms with Crippen molar-refractivity contribution in [2.45, 2.75) is 13.5 Å². The van der Waals surface area contributed by atoms with Gasteiger partial charge in [-0.05, 0) is 77.0 Å². The van der Waals surface area contributed by atoms with E-state index in [-0.39, 0.29) is 5.57 Å². The molecule has 1 amide bonds. The van der Waals surface area contributed by atoms with Crippen molar-refractivity contribution in [3.8, 4) is 17.6 Å². The van der Waals surface area contributed by atoms with Crippen LogP contribution in [0, 0.1) is 21.8 Å². The molecule has 0 aliphatic rings. The number of anilines is 1. The largest absolute Gasteiger partial charge is 0.493 e. The zero-order valence-electron chi connectivity index (χ0n) is 17.5. The van der Waals surface area contributed by atoms with E-state index >= 15 is 0 Å². The number of methoxy groups -OCH3 is 1. The molecule has 0 unspecified atom stereocenters. The lowest BCUT2D eigenvalue weighted by molar-refractivity contribution is -0.112. The molecule has 3 rings (SSSR count). The predicted octanol–water partition coefficient (Wildman–Crippen LogP) is 6.39. The second-order valence-electron chi connectivity index (χ2n) is 6.95. The number of nitriles is 1. The van der Waals surface area contributed by atoms with Gasteiger partial charge in [-0.25, -0.2) is 0 Å². The maximum Gasteiger partial charge on any atom is 0.266 e. The molecule has 0 aliphatic heterocycles. The standard InChI is InChI=1S/C25H20ClIN2O3/c1-16-5-3-6-17(9-16)15-32-24-22(27)11-18(12-23(24)31-2)10-19(14-28)25(30)29-21-8-4-7-20(26)13-21/h3-13H,15H2,1-2H3,(H,29,30)/b19-10+. The van der Waals surface area contributed by atoms with E-state index in [0.29, 0.717) is 34.4 Å². The fraction of sp³-hybridized carbons (Fsp3) is 0.120. The molecule has 1 N–H and O–H groups in total. The summed E-state index contributed by atoms with van der Waals surface area (Å²) < 4.78 is 12.3. The molecule has 0 aromatic heterocycles. The number of aryl methyl sites for hydroxylation is 1. The van der Waals surface area contributed by atoms with Gasteiger partial charge in [0.25, 0.3) is 5.91 Å². The topological polar surface area (TPSA) is 71.3 Å². The SMILES string of the molecule is COc1cc(/C=C(\C#N)C(=O)Nc2cccc(Cl)c2)cc(I)c1OCc1cccc(C)c1. The number of amides is 1. The van der Waals surface area contributed by atoms with Gasteiger partial charge in [0.15, 0.2) is 11.5 Å². The van der Waals surface area contributed by atoms with Crippen molar-refractivity contribution in [1.29, 1.82) is 5.26 Å². The van der Waals surface area contributed by atoms with E-state index in [9.17, 15) is 10.1 Å². The van der Waals surface area contributed by atoms with Gasteiger partial charge in [-0.3, -0.25) is 4.79 Å². The lowest BCUT2D eigenvalue weighted by atomic mass is 10.1. The molecule has 0 fully saturated rings. The molecule has 0 atom stereocenters. The van der Waals surface area contributed by atoms with Gasteiger partial charge in [0.1, 0.15) is 18.2 Å². The summed E-state index contributed by atoms with van der Waals surface area (Å²) in [7, 11) is 1.55. The van der Waals surface area contributed by atoms with Crippen LogP contribution < -0.4 is 14.8 Å². The number of hydrogen-bond donors (Lipinski definition) is 1. The normalized spacial score (nSPS) is 10.9. The Bertz CT molecular complexity index is 1220. The highest BCUT2D eigenvalue weighted by atomic mass is 127. The first-order chi connectivity index (χ1) is 15.4. The highest BCUT2D eigenvalue weighted by molar-refractivity contribution is 14.1. The van der Waals surface area contributed by atoms with Crippen molar-refractivity contribution in [2.75, 3.05) is 12.4 Å². The number of carbonyl (C=O) groups excluding carboxylic acids is 1. The summed E-state index contributed by atoms with van der Waals surface area (Å²) in [6.45, 7) is 2.43. The molecule has 3 aromatic rings. The third-order valence-corrected chi connectivity index (χ3v) is 5.51. The Morgan fingerprint density at radius 1 is 1.19 bits per heavy atom. The van der Waals surface area contributed by atoms with Crippen molar-refractivity contribution in [3.05, 3.63) is 91.5 Å². The molecule has 3 aromatic carbocycles. The molecule has 0 saturated carbocycles. The van der Waals surface area contributed by atoms with Crippen LogP contribution in [0.15, 0.2) is 66.2 Å². The van der Waals surface area contributed by atoms with Crippen molar-refractivity contribution in [1.82, 2.24) is 0 Å². The zero-order chi connectivity index (χ0) is 23.1. The molecule has 162 valence electrons. The highest BCUT2D eigenvalue weighted by Crippen LogP contribution is 2.35. The van der Waals surface area contributed by atoms with Crippen LogP contribution in [0.25, 0.3) is 6.08 Å². The average molecular weight is 559 g/mol. The zero-order valence-corrected chi connectivity index (χ0v) is 20.4. The molecule has 5 nitrogen and oxygen atoms in total. The van der Waals surface area contributed by atoms with Gasteiger partial charge in [-0.1, -0.05) is 47.5 Å². The fourth-order valence-electron chi connectivity index (χ4n) is 3.00. The monoisotopic (exact) mass is 558 g/mol. The number of hydrogen-bond acceptors (Lipinski definition) is 4. The summed E-state index contributed by atoms with van der Waals surface area (Å²) in [6.07, 6.45) is 1.51. The fourth-order valence-corrected chi connectivity index (χ4v) is 3.97. The van der Waals surface area contributed by atoms with E-state index in [4.69, 9.17) is 21.1 Å². The van der Waals surface area contributed by atoms with E-state index < -0.39 is 5.91 Å². The summed E-state index contributed by atoms with van der Waals surface area (Å²) in [5.41, 5.74) is 3.32. The second kappa shape index (κ2) is 11.0. The molecule has 0 radical (unpaired) electrons. The van der Waals surface area contributed by atoms with E-state index in [1.54, 1.807) is 37.4 Å². The van der Waals surface area contributed by atoms with Gasteiger partial charge in [0.05, 0.1) is 10.7 Å². The molecule has 0 saturated heterocycles. The first kappa shape index (κ1) is 23.6.